The van der Waals surface area contributed by atoms with Crippen LogP contribution in [-0.4, -0.2) is 12.6 Å². The Bertz CT molecular complexity index is 416. The lowest BCUT2D eigenvalue weighted by atomic mass is 9.84. The van der Waals surface area contributed by atoms with Crippen LogP contribution >= 0.6 is 0 Å². The summed E-state index contributed by atoms with van der Waals surface area (Å²) in [5.41, 5.74) is 0.831. The molecule has 1 atom stereocenters. The van der Waals surface area contributed by atoms with Crippen molar-refractivity contribution < 1.29 is 8.78 Å². The number of nitrogens with one attached hydrogen (secondary N) is 1. The zero-order chi connectivity index (χ0) is 13.2. The van der Waals surface area contributed by atoms with E-state index in [2.05, 4.69) is 5.32 Å². The summed E-state index contributed by atoms with van der Waals surface area (Å²) in [5.74, 6) is -0.0745. The summed E-state index contributed by atoms with van der Waals surface area (Å²) in [6.45, 7) is 0.859. The van der Waals surface area contributed by atoms with Crippen molar-refractivity contribution in [3.8, 4) is 0 Å². The van der Waals surface area contributed by atoms with Gasteiger partial charge in [0.2, 0.25) is 0 Å². The lowest BCUT2D eigenvalue weighted by Crippen LogP contribution is -2.27. The Labute approximate surface area is 113 Å². The van der Waals surface area contributed by atoms with Crippen molar-refractivity contribution in [3.63, 3.8) is 0 Å². The number of benzene rings is 1. The molecule has 1 aromatic carbocycles. The second kappa shape index (κ2) is 5.58. The van der Waals surface area contributed by atoms with E-state index >= 15 is 0 Å². The van der Waals surface area contributed by atoms with Crippen molar-refractivity contribution in [1.29, 1.82) is 0 Å². The highest BCUT2D eigenvalue weighted by molar-refractivity contribution is 5.23. The van der Waals surface area contributed by atoms with Crippen molar-refractivity contribution in [2.45, 2.75) is 50.5 Å². The van der Waals surface area contributed by atoms with Crippen LogP contribution in [0.2, 0.25) is 0 Å². The average Bonchev–Trinajstić information content (AvgIpc) is 3.02. The maximum Gasteiger partial charge on any atom is 0.126 e. The number of hydrogen-bond donors (Lipinski definition) is 1. The van der Waals surface area contributed by atoms with Crippen molar-refractivity contribution in [2.24, 2.45) is 5.92 Å². The smallest absolute Gasteiger partial charge is 0.126 e. The lowest BCUT2D eigenvalue weighted by molar-refractivity contribution is 0.407. The summed E-state index contributed by atoms with van der Waals surface area (Å²) in [5, 5.41) is 3.53. The van der Waals surface area contributed by atoms with E-state index < -0.39 is 11.6 Å². The van der Waals surface area contributed by atoms with Gasteiger partial charge in [-0.25, -0.2) is 8.78 Å². The third-order valence-electron chi connectivity index (χ3n) is 4.49. The van der Waals surface area contributed by atoms with Crippen LogP contribution in [0.25, 0.3) is 0 Å². The number of halogens is 2. The molecule has 0 radical (unpaired) electrons. The van der Waals surface area contributed by atoms with Gasteiger partial charge in [0.15, 0.2) is 0 Å². The second-order valence-corrected chi connectivity index (χ2v) is 6.04. The van der Waals surface area contributed by atoms with Crippen LogP contribution in [-0.2, 0) is 0 Å². The molecule has 1 unspecified atom stereocenters. The Balaban J connectivity index is 1.78. The largest absolute Gasteiger partial charge is 0.313 e. The molecule has 0 spiro atoms. The van der Waals surface area contributed by atoms with Crippen LogP contribution in [0, 0.1) is 17.6 Å². The molecule has 0 aromatic heterocycles. The van der Waals surface area contributed by atoms with Gasteiger partial charge in [0.25, 0.3) is 0 Å². The molecule has 2 aliphatic rings. The molecule has 1 nitrogen and oxygen atoms in total. The fourth-order valence-electron chi connectivity index (χ4n) is 3.29. The molecule has 2 fully saturated rings. The molecule has 104 valence electrons. The zero-order valence-corrected chi connectivity index (χ0v) is 11.2. The van der Waals surface area contributed by atoms with Crippen molar-refractivity contribution in [2.75, 3.05) is 6.54 Å². The zero-order valence-electron chi connectivity index (χ0n) is 11.2. The summed E-state index contributed by atoms with van der Waals surface area (Å²) in [6, 6.07) is 4.63. The Morgan fingerprint density at radius 1 is 1.00 bits per heavy atom. The third-order valence-corrected chi connectivity index (χ3v) is 4.49. The van der Waals surface area contributed by atoms with Crippen molar-refractivity contribution in [3.05, 3.63) is 35.4 Å². The Hall–Kier alpha value is -0.960. The predicted molar refractivity (Wildman–Crippen MR) is 72.1 cm³/mol. The first-order valence-electron chi connectivity index (χ1n) is 7.42. The standard InChI is InChI=1S/C16H21F2N/c17-13-7-12(8-14(18)9-13)16(10-19-15-5-6-15)11-3-1-2-4-11/h7-9,11,15-16,19H,1-6,10H2. The van der Waals surface area contributed by atoms with Crippen molar-refractivity contribution in [1.82, 2.24) is 5.32 Å². The average molecular weight is 265 g/mol. The van der Waals surface area contributed by atoms with Gasteiger partial charge in [0, 0.05) is 18.7 Å². The molecule has 0 heterocycles. The second-order valence-electron chi connectivity index (χ2n) is 6.04. The van der Waals surface area contributed by atoms with Gasteiger partial charge in [-0.15, -0.1) is 0 Å². The summed E-state index contributed by atoms with van der Waals surface area (Å²) in [4.78, 5) is 0. The Kier molecular flexibility index (Phi) is 3.83. The van der Waals surface area contributed by atoms with E-state index in [-0.39, 0.29) is 5.92 Å². The minimum Gasteiger partial charge on any atom is -0.313 e. The van der Waals surface area contributed by atoms with Gasteiger partial charge >= 0.3 is 0 Å². The summed E-state index contributed by atoms with van der Waals surface area (Å²) >= 11 is 0. The van der Waals surface area contributed by atoms with E-state index in [1.165, 1.54) is 50.7 Å². The molecule has 0 saturated heterocycles. The monoisotopic (exact) mass is 265 g/mol. The molecule has 2 aliphatic carbocycles. The van der Waals surface area contributed by atoms with E-state index in [9.17, 15) is 8.78 Å². The van der Waals surface area contributed by atoms with E-state index in [1.54, 1.807) is 0 Å². The first-order valence-corrected chi connectivity index (χ1v) is 7.42. The maximum atomic E-state index is 13.4. The fourth-order valence-corrected chi connectivity index (χ4v) is 3.29. The highest BCUT2D eigenvalue weighted by Gasteiger charge is 2.29. The van der Waals surface area contributed by atoms with E-state index in [4.69, 9.17) is 0 Å². The Morgan fingerprint density at radius 3 is 2.21 bits per heavy atom. The molecular formula is C16H21F2N. The molecule has 0 bridgehead atoms. The van der Waals surface area contributed by atoms with Crippen LogP contribution in [0.3, 0.4) is 0 Å². The van der Waals surface area contributed by atoms with Crippen LogP contribution in [0.1, 0.15) is 50.0 Å². The summed E-state index contributed by atoms with van der Waals surface area (Å²) in [7, 11) is 0. The molecule has 19 heavy (non-hydrogen) atoms. The van der Waals surface area contributed by atoms with Gasteiger partial charge < -0.3 is 5.32 Å². The predicted octanol–water partition coefficient (Wildman–Crippen LogP) is 3.99. The normalized spacial score (nSPS) is 21.8. The molecule has 1 aromatic rings. The molecule has 3 heteroatoms. The van der Waals surface area contributed by atoms with Gasteiger partial charge in [0.1, 0.15) is 11.6 Å². The topological polar surface area (TPSA) is 12.0 Å². The van der Waals surface area contributed by atoms with Crippen molar-refractivity contribution >= 4 is 0 Å². The van der Waals surface area contributed by atoms with Crippen LogP contribution in [0.4, 0.5) is 8.78 Å². The van der Waals surface area contributed by atoms with Crippen LogP contribution in [0.15, 0.2) is 18.2 Å². The molecule has 3 rings (SSSR count). The first kappa shape index (κ1) is 13.0. The number of rotatable bonds is 5. The van der Waals surface area contributed by atoms with E-state index in [0.717, 1.165) is 18.2 Å². The quantitative estimate of drug-likeness (QED) is 0.848. The third kappa shape index (κ3) is 3.33. The van der Waals surface area contributed by atoms with E-state index in [1.807, 2.05) is 0 Å². The van der Waals surface area contributed by atoms with Gasteiger partial charge in [0.05, 0.1) is 0 Å². The fraction of sp³-hybridized carbons (Fsp3) is 0.625. The molecular weight excluding hydrogens is 244 g/mol. The highest BCUT2D eigenvalue weighted by atomic mass is 19.1. The maximum absolute atomic E-state index is 13.4. The van der Waals surface area contributed by atoms with Crippen LogP contribution < -0.4 is 5.32 Å². The Morgan fingerprint density at radius 2 is 1.63 bits per heavy atom. The highest BCUT2D eigenvalue weighted by Crippen LogP contribution is 2.38. The summed E-state index contributed by atoms with van der Waals surface area (Å²) in [6.07, 6.45) is 7.37. The molecule has 1 N–H and O–H groups in total. The van der Waals surface area contributed by atoms with E-state index in [0.29, 0.717) is 12.0 Å². The first-order chi connectivity index (χ1) is 9.22. The van der Waals surface area contributed by atoms with Crippen LogP contribution in [0.5, 0.6) is 0 Å². The molecule has 2 saturated carbocycles. The SMILES string of the molecule is Fc1cc(F)cc(C(CNC2CC2)C2CCCC2)c1. The molecule has 0 aliphatic heterocycles. The van der Waals surface area contributed by atoms with Gasteiger partial charge in [-0.2, -0.15) is 0 Å². The minimum atomic E-state index is -0.454. The van der Waals surface area contributed by atoms with Gasteiger partial charge in [-0.1, -0.05) is 12.8 Å². The number of hydrogen-bond acceptors (Lipinski definition) is 1. The van der Waals surface area contributed by atoms with Gasteiger partial charge in [-0.3, -0.25) is 0 Å². The summed E-state index contributed by atoms with van der Waals surface area (Å²) < 4.78 is 26.9. The minimum absolute atomic E-state index is 0.258. The lowest BCUT2D eigenvalue weighted by Gasteiger charge is -2.24. The molecule has 0 amide bonds. The van der Waals surface area contributed by atoms with Gasteiger partial charge in [-0.05, 0) is 55.2 Å².